The molecule has 1 N–H and O–H groups in total. The van der Waals surface area contributed by atoms with Gasteiger partial charge in [-0.2, -0.15) is 0 Å². The van der Waals surface area contributed by atoms with Crippen molar-refractivity contribution >= 4 is 43.9 Å². The van der Waals surface area contributed by atoms with E-state index >= 15 is 0 Å². The Morgan fingerprint density at radius 2 is 1.85 bits per heavy atom. The van der Waals surface area contributed by atoms with Crippen molar-refractivity contribution in [1.82, 2.24) is 4.98 Å². The number of quaternary nitrogens is 1. The van der Waals surface area contributed by atoms with Gasteiger partial charge >= 0.3 is 0 Å². The Bertz CT molecular complexity index is 1140. The Labute approximate surface area is 161 Å². The van der Waals surface area contributed by atoms with Crippen LogP contribution in [0.3, 0.4) is 0 Å². The van der Waals surface area contributed by atoms with E-state index < -0.39 is 0 Å². The molecule has 0 saturated carbocycles. The second-order valence-corrected chi connectivity index (χ2v) is 8.22. The Kier molecular flexibility index (Phi) is 3.74. The molecule has 1 amide bonds. The fourth-order valence-electron chi connectivity index (χ4n) is 3.81. The van der Waals surface area contributed by atoms with E-state index in [-0.39, 0.29) is 11.9 Å². The number of thiazole rings is 1. The maximum Gasteiger partial charge on any atom is 0.263 e. The summed E-state index contributed by atoms with van der Waals surface area (Å²) < 4.78 is 1.21. The number of rotatable bonds is 4. The summed E-state index contributed by atoms with van der Waals surface area (Å²) in [7, 11) is 2.13. The van der Waals surface area contributed by atoms with Crippen LogP contribution < -0.4 is 9.80 Å². The molecule has 134 valence electrons. The van der Waals surface area contributed by atoms with Gasteiger partial charge in [0, 0.05) is 5.39 Å². The summed E-state index contributed by atoms with van der Waals surface area (Å²) in [6.07, 6.45) is 0. The number of aromatic nitrogens is 1. The maximum absolute atomic E-state index is 13.0. The van der Waals surface area contributed by atoms with Crippen molar-refractivity contribution in [3.63, 3.8) is 0 Å². The minimum atomic E-state index is 0.0950. The Balaban J connectivity index is 1.45. The highest BCUT2D eigenvalue weighted by Crippen LogP contribution is 2.36. The second-order valence-electron chi connectivity index (χ2n) is 7.16. The van der Waals surface area contributed by atoms with Crippen LogP contribution in [0.15, 0.2) is 60.7 Å². The predicted molar refractivity (Wildman–Crippen MR) is 111 cm³/mol. The molecule has 1 aliphatic rings. The number of nitrogens with one attached hydrogen (secondary N) is 1. The summed E-state index contributed by atoms with van der Waals surface area (Å²) in [6.45, 7) is 2.80. The van der Waals surface area contributed by atoms with Crippen LogP contribution in [0.5, 0.6) is 0 Å². The first-order valence-electron chi connectivity index (χ1n) is 9.15. The largest absolute Gasteiger partial charge is 0.312 e. The van der Waals surface area contributed by atoms with Crippen molar-refractivity contribution in [2.75, 3.05) is 18.6 Å². The zero-order valence-electron chi connectivity index (χ0n) is 15.3. The number of fused-ring (bicyclic) bond motifs is 1. The maximum atomic E-state index is 13.0. The van der Waals surface area contributed by atoms with Crippen LogP contribution in [0.4, 0.5) is 5.69 Å². The molecule has 0 bridgehead atoms. The lowest BCUT2D eigenvalue weighted by atomic mass is 10.1. The molecule has 3 aromatic carbocycles. The molecule has 5 heteroatoms. The lowest BCUT2D eigenvalue weighted by molar-refractivity contribution is -0.908. The molecule has 0 spiro atoms. The number of carbonyl (C=O) groups excluding carboxylic acids is 1. The van der Waals surface area contributed by atoms with E-state index in [9.17, 15) is 4.79 Å². The van der Waals surface area contributed by atoms with E-state index in [4.69, 9.17) is 4.98 Å². The highest BCUT2D eigenvalue weighted by atomic mass is 32.1. The standard InChI is InChI=1S/C22H19N3OS/c1-14(21-23-17-10-3-4-12-19(17)27-21)24(2)13-25-18-11-6-8-15-7-5-9-16(20(15)18)22(25)26/h3-12,14H,13H2,1-2H3/p+1/t14-/m0/s1. The number of benzene rings is 3. The first-order valence-corrected chi connectivity index (χ1v) is 9.96. The Morgan fingerprint density at radius 1 is 1.07 bits per heavy atom. The molecule has 1 aromatic heterocycles. The van der Waals surface area contributed by atoms with E-state index in [2.05, 4.69) is 38.2 Å². The normalized spacial score (nSPS) is 15.6. The molecule has 4 aromatic rings. The van der Waals surface area contributed by atoms with Crippen LogP contribution in [0.25, 0.3) is 21.0 Å². The van der Waals surface area contributed by atoms with Crippen LogP contribution in [0.2, 0.25) is 0 Å². The van der Waals surface area contributed by atoms with E-state index in [1.54, 1.807) is 11.3 Å². The molecule has 1 unspecified atom stereocenters. The summed E-state index contributed by atoms with van der Waals surface area (Å²) >= 11 is 1.74. The van der Waals surface area contributed by atoms with Gasteiger partial charge in [-0.25, -0.2) is 4.98 Å². The monoisotopic (exact) mass is 374 g/mol. The third-order valence-corrected chi connectivity index (χ3v) is 6.70. The van der Waals surface area contributed by atoms with Crippen molar-refractivity contribution in [2.24, 2.45) is 0 Å². The predicted octanol–water partition coefficient (Wildman–Crippen LogP) is 3.64. The number of nitrogens with zero attached hydrogens (tertiary/aromatic N) is 2. The molecule has 1 aliphatic heterocycles. The quantitative estimate of drug-likeness (QED) is 0.592. The topological polar surface area (TPSA) is 37.6 Å². The minimum absolute atomic E-state index is 0.0950. The van der Waals surface area contributed by atoms with Crippen LogP contribution in [0.1, 0.15) is 28.3 Å². The number of anilines is 1. The van der Waals surface area contributed by atoms with Crippen molar-refractivity contribution in [2.45, 2.75) is 13.0 Å². The Hall–Kier alpha value is -2.76. The lowest BCUT2D eigenvalue weighted by Gasteiger charge is -2.26. The highest BCUT2D eigenvalue weighted by Gasteiger charge is 2.33. The van der Waals surface area contributed by atoms with Gasteiger partial charge in [-0.1, -0.05) is 36.4 Å². The third-order valence-electron chi connectivity index (χ3n) is 5.48. The summed E-state index contributed by atoms with van der Waals surface area (Å²) in [4.78, 5) is 21.0. The number of hydrogen-bond acceptors (Lipinski definition) is 3. The number of para-hydroxylation sites is 1. The average molecular weight is 374 g/mol. The fraction of sp³-hybridized carbons (Fsp3) is 0.182. The summed E-state index contributed by atoms with van der Waals surface area (Å²) in [5.74, 6) is 0.0950. The van der Waals surface area contributed by atoms with Gasteiger partial charge < -0.3 is 4.90 Å². The first-order chi connectivity index (χ1) is 13.1. The van der Waals surface area contributed by atoms with Crippen LogP contribution in [-0.4, -0.2) is 24.6 Å². The van der Waals surface area contributed by atoms with Crippen molar-refractivity contribution in [3.8, 4) is 0 Å². The number of amides is 1. The van der Waals surface area contributed by atoms with Gasteiger partial charge in [-0.3, -0.25) is 9.69 Å². The zero-order valence-corrected chi connectivity index (χ0v) is 16.1. The lowest BCUT2D eigenvalue weighted by Crippen LogP contribution is -3.10. The van der Waals surface area contributed by atoms with E-state index in [1.165, 1.54) is 9.60 Å². The molecule has 4 nitrogen and oxygen atoms in total. The highest BCUT2D eigenvalue weighted by molar-refractivity contribution is 7.18. The summed E-state index contributed by atoms with van der Waals surface area (Å²) in [6, 6.07) is 20.5. The van der Waals surface area contributed by atoms with Crippen LogP contribution in [0, 0.1) is 0 Å². The van der Waals surface area contributed by atoms with E-state index in [0.717, 1.165) is 32.5 Å². The molecule has 0 radical (unpaired) electrons. The van der Waals surface area contributed by atoms with Gasteiger partial charge in [0.1, 0.15) is 6.04 Å². The number of hydrogen-bond donors (Lipinski definition) is 1. The van der Waals surface area contributed by atoms with Crippen molar-refractivity contribution in [1.29, 1.82) is 0 Å². The molecule has 0 aliphatic carbocycles. The van der Waals surface area contributed by atoms with Gasteiger partial charge in [-0.05, 0) is 36.6 Å². The van der Waals surface area contributed by atoms with Crippen molar-refractivity contribution in [3.05, 3.63) is 71.2 Å². The van der Waals surface area contributed by atoms with Gasteiger partial charge in [0.25, 0.3) is 5.91 Å². The van der Waals surface area contributed by atoms with Crippen molar-refractivity contribution < 1.29 is 9.69 Å². The molecule has 2 atom stereocenters. The molecule has 2 heterocycles. The van der Waals surface area contributed by atoms with Crippen LogP contribution in [-0.2, 0) is 0 Å². The van der Waals surface area contributed by atoms with Gasteiger partial charge in [0.2, 0.25) is 0 Å². The van der Waals surface area contributed by atoms with Crippen LogP contribution >= 0.6 is 11.3 Å². The van der Waals surface area contributed by atoms with Gasteiger partial charge in [0.15, 0.2) is 11.7 Å². The third kappa shape index (κ3) is 2.54. The average Bonchev–Trinajstić information content (AvgIpc) is 3.24. The molecular formula is C22H20N3OS+. The summed E-state index contributed by atoms with van der Waals surface area (Å²) in [5.41, 5.74) is 2.87. The van der Waals surface area contributed by atoms with E-state index in [0.29, 0.717) is 6.67 Å². The van der Waals surface area contributed by atoms with Gasteiger partial charge in [0.05, 0.1) is 28.5 Å². The zero-order chi connectivity index (χ0) is 18.5. The van der Waals surface area contributed by atoms with E-state index in [1.807, 2.05) is 41.3 Å². The Morgan fingerprint density at radius 3 is 2.67 bits per heavy atom. The number of carbonyl (C=O) groups is 1. The molecule has 27 heavy (non-hydrogen) atoms. The minimum Gasteiger partial charge on any atom is -0.312 e. The molecule has 0 saturated heterocycles. The SMILES string of the molecule is C[C@@H](c1nc2ccccc2s1)[NH+](C)CN1C(=O)c2cccc3cccc1c23. The molecule has 0 fully saturated rings. The summed E-state index contributed by atoms with van der Waals surface area (Å²) in [5, 5.41) is 3.30. The molecule has 5 rings (SSSR count). The smallest absolute Gasteiger partial charge is 0.263 e. The fourth-order valence-corrected chi connectivity index (χ4v) is 4.92. The second kappa shape index (κ2) is 6.15. The first kappa shape index (κ1) is 16.4. The molecular weight excluding hydrogens is 354 g/mol. The van der Waals surface area contributed by atoms with Gasteiger partial charge in [-0.15, -0.1) is 11.3 Å².